The normalized spacial score (nSPS) is 33.1. The molecular weight excluding hydrogens is 522 g/mol. The Morgan fingerprint density at radius 3 is 0.714 bits per heavy atom. The van der Waals surface area contributed by atoms with E-state index in [9.17, 15) is 14.4 Å². The van der Waals surface area contributed by atoms with Gasteiger partial charge >= 0.3 is 0 Å². The lowest BCUT2D eigenvalue weighted by atomic mass is 9.69. The predicted molar refractivity (Wildman–Crippen MR) is 171 cm³/mol. The first-order chi connectivity index (χ1) is 19.0. The highest BCUT2D eigenvalue weighted by atomic mass is 16.2. The minimum absolute atomic E-state index is 0.148. The van der Waals surface area contributed by atoms with Crippen molar-refractivity contribution < 1.29 is 14.4 Å². The molecule has 0 unspecified atom stereocenters. The van der Waals surface area contributed by atoms with Crippen molar-refractivity contribution in [3.8, 4) is 0 Å². The lowest BCUT2D eigenvalue weighted by Crippen LogP contribution is -2.65. The molecule has 0 spiro atoms. The van der Waals surface area contributed by atoms with Gasteiger partial charge in [0.05, 0.1) is 0 Å². The maximum Gasteiger partial charge on any atom is 0.226 e. The standard InChI is InChI=1S/C36H63N3O3/c1-31(2)16-13-17-32(3,4)37(31)28(40)25-22-26(29(41)38-33(5,6)18-14-19-34(38,7)8)24-27(23-25)30(42)39-35(9,10)20-15-21-36(39,11)12/h25-27H,13-24H2,1-12H3. The molecule has 4 fully saturated rings. The van der Waals surface area contributed by atoms with Crippen LogP contribution in [0.2, 0.25) is 0 Å². The van der Waals surface area contributed by atoms with E-state index in [1.54, 1.807) is 0 Å². The molecule has 0 radical (unpaired) electrons. The van der Waals surface area contributed by atoms with Crippen LogP contribution in [0.25, 0.3) is 0 Å². The lowest BCUT2D eigenvalue weighted by Gasteiger charge is -2.57. The predicted octanol–water partition coefficient (Wildman–Crippen LogP) is 7.73. The number of piperidine rings is 3. The number of hydrogen-bond acceptors (Lipinski definition) is 3. The van der Waals surface area contributed by atoms with Gasteiger partial charge in [0.15, 0.2) is 0 Å². The Labute approximate surface area is 257 Å². The summed E-state index contributed by atoms with van der Waals surface area (Å²) in [6.45, 7) is 26.3. The highest BCUT2D eigenvalue weighted by molar-refractivity contribution is 5.87. The van der Waals surface area contributed by atoms with Crippen LogP contribution in [0.15, 0.2) is 0 Å². The first-order valence-electron chi connectivity index (χ1n) is 17.1. The lowest BCUT2D eigenvalue weighted by molar-refractivity contribution is -0.165. The molecule has 3 saturated heterocycles. The molecule has 1 saturated carbocycles. The van der Waals surface area contributed by atoms with Gasteiger partial charge in [0.1, 0.15) is 0 Å². The van der Waals surface area contributed by atoms with Crippen molar-refractivity contribution in [3.63, 3.8) is 0 Å². The average Bonchev–Trinajstić information content (AvgIpc) is 2.80. The molecule has 3 heterocycles. The number of carbonyl (C=O) groups excluding carboxylic acids is 3. The van der Waals surface area contributed by atoms with E-state index in [1.165, 1.54) is 0 Å². The molecular formula is C36H63N3O3. The fourth-order valence-electron chi connectivity index (χ4n) is 10.3. The molecule has 3 amide bonds. The summed E-state index contributed by atoms with van der Waals surface area (Å²) in [7, 11) is 0. The van der Waals surface area contributed by atoms with E-state index in [0.29, 0.717) is 19.3 Å². The maximum atomic E-state index is 14.7. The largest absolute Gasteiger partial charge is 0.332 e. The zero-order valence-corrected chi connectivity index (χ0v) is 29.3. The van der Waals surface area contributed by atoms with Crippen molar-refractivity contribution in [2.24, 2.45) is 17.8 Å². The number of nitrogens with zero attached hydrogens (tertiary/aromatic N) is 3. The summed E-state index contributed by atoms with van der Waals surface area (Å²) in [5.74, 6) is -0.543. The Hall–Kier alpha value is -1.59. The molecule has 0 atom stereocenters. The highest BCUT2D eigenvalue weighted by Crippen LogP contribution is 2.47. The molecule has 240 valence electrons. The van der Waals surface area contributed by atoms with Crippen molar-refractivity contribution in [1.29, 1.82) is 0 Å². The Kier molecular flexibility index (Phi) is 8.56. The van der Waals surface area contributed by atoms with Gasteiger partial charge in [0, 0.05) is 51.0 Å². The molecule has 1 aliphatic carbocycles. The number of hydrogen-bond donors (Lipinski definition) is 0. The second kappa shape index (κ2) is 10.8. The molecule has 6 nitrogen and oxygen atoms in total. The van der Waals surface area contributed by atoms with E-state index < -0.39 is 0 Å². The summed E-state index contributed by atoms with van der Waals surface area (Å²) < 4.78 is 0. The molecule has 4 aliphatic rings. The SMILES string of the molecule is CC1(C)CCCC(C)(C)N1C(=O)C1CC(C(=O)N2C(C)(C)CCCC2(C)C)CC(C(=O)N2C(C)(C)CCCC2(C)C)C1. The van der Waals surface area contributed by atoms with Gasteiger partial charge in [0.2, 0.25) is 17.7 Å². The van der Waals surface area contributed by atoms with Gasteiger partial charge in [-0.2, -0.15) is 0 Å². The topological polar surface area (TPSA) is 60.9 Å². The summed E-state index contributed by atoms with van der Waals surface area (Å²) in [4.78, 5) is 50.4. The molecule has 0 bridgehead atoms. The van der Waals surface area contributed by atoms with Crippen LogP contribution in [0.5, 0.6) is 0 Å². The number of rotatable bonds is 3. The monoisotopic (exact) mass is 585 g/mol. The molecule has 0 aromatic heterocycles. The van der Waals surface area contributed by atoms with Crippen molar-refractivity contribution in [1.82, 2.24) is 14.7 Å². The fraction of sp³-hybridized carbons (Fsp3) is 0.917. The van der Waals surface area contributed by atoms with E-state index in [1.807, 2.05) is 0 Å². The number of amides is 3. The summed E-state index contributed by atoms with van der Waals surface area (Å²) in [5, 5.41) is 0. The molecule has 3 aliphatic heterocycles. The van der Waals surface area contributed by atoms with Crippen LogP contribution in [0, 0.1) is 17.8 Å². The Morgan fingerprint density at radius 2 is 0.548 bits per heavy atom. The first-order valence-corrected chi connectivity index (χ1v) is 17.1. The smallest absolute Gasteiger partial charge is 0.226 e. The summed E-state index contributed by atoms with van der Waals surface area (Å²) in [6.07, 6.45) is 10.8. The van der Waals surface area contributed by atoms with E-state index in [-0.39, 0.29) is 68.7 Å². The van der Waals surface area contributed by atoms with Gasteiger partial charge in [-0.1, -0.05) is 0 Å². The first kappa shape index (κ1) is 33.3. The van der Waals surface area contributed by atoms with Crippen molar-refractivity contribution in [3.05, 3.63) is 0 Å². The molecule has 0 aromatic carbocycles. The van der Waals surface area contributed by atoms with Gasteiger partial charge in [-0.25, -0.2) is 0 Å². The molecule has 0 aromatic rings. The highest BCUT2D eigenvalue weighted by Gasteiger charge is 2.53. The Morgan fingerprint density at radius 1 is 0.381 bits per heavy atom. The fourth-order valence-corrected chi connectivity index (χ4v) is 10.3. The molecule has 42 heavy (non-hydrogen) atoms. The third kappa shape index (κ3) is 6.03. The van der Waals surface area contributed by atoms with Crippen LogP contribution in [-0.4, -0.2) is 65.7 Å². The van der Waals surface area contributed by atoms with Crippen molar-refractivity contribution in [2.75, 3.05) is 0 Å². The quantitative estimate of drug-likeness (QED) is 0.341. The maximum absolute atomic E-state index is 14.7. The van der Waals surface area contributed by atoms with Crippen LogP contribution < -0.4 is 0 Å². The third-order valence-electron chi connectivity index (χ3n) is 11.8. The average molecular weight is 586 g/mol. The second-order valence-electron chi connectivity index (χ2n) is 18.3. The number of likely N-dealkylation sites (tertiary alicyclic amines) is 3. The molecule has 0 N–H and O–H groups in total. The third-order valence-corrected chi connectivity index (χ3v) is 11.8. The summed E-state index contributed by atoms with van der Waals surface area (Å²) >= 11 is 0. The van der Waals surface area contributed by atoms with Crippen molar-refractivity contribution >= 4 is 17.7 Å². The van der Waals surface area contributed by atoms with Crippen LogP contribution in [0.4, 0.5) is 0 Å². The van der Waals surface area contributed by atoms with E-state index in [4.69, 9.17) is 0 Å². The molecule has 4 rings (SSSR count). The van der Waals surface area contributed by atoms with Gasteiger partial charge < -0.3 is 14.7 Å². The number of carbonyl (C=O) groups is 3. The minimum Gasteiger partial charge on any atom is -0.332 e. The van der Waals surface area contributed by atoms with Gasteiger partial charge in [-0.15, -0.1) is 0 Å². The van der Waals surface area contributed by atoms with Gasteiger partial charge in [-0.3, -0.25) is 14.4 Å². The van der Waals surface area contributed by atoms with E-state index >= 15 is 0 Å². The zero-order chi connectivity index (χ0) is 31.7. The van der Waals surface area contributed by atoms with E-state index in [2.05, 4.69) is 97.8 Å². The Balaban J connectivity index is 1.73. The summed E-state index contributed by atoms with van der Waals surface area (Å²) in [6, 6.07) is 0. The summed E-state index contributed by atoms with van der Waals surface area (Å²) in [5.41, 5.74) is -1.48. The van der Waals surface area contributed by atoms with Crippen LogP contribution >= 0.6 is 0 Å². The zero-order valence-electron chi connectivity index (χ0n) is 29.3. The van der Waals surface area contributed by atoms with Gasteiger partial charge in [0.25, 0.3) is 0 Å². The van der Waals surface area contributed by atoms with Crippen LogP contribution in [-0.2, 0) is 14.4 Å². The minimum atomic E-state index is -0.328. The van der Waals surface area contributed by atoms with Crippen LogP contribution in [0.1, 0.15) is 160 Å². The Bertz CT molecular complexity index is 882. The van der Waals surface area contributed by atoms with E-state index in [0.717, 1.165) is 57.8 Å². The second-order valence-corrected chi connectivity index (χ2v) is 18.3. The van der Waals surface area contributed by atoms with Crippen molar-refractivity contribution in [2.45, 2.75) is 193 Å². The molecule has 6 heteroatoms. The van der Waals surface area contributed by atoms with Gasteiger partial charge in [-0.05, 0) is 160 Å². The van der Waals surface area contributed by atoms with Crippen LogP contribution in [0.3, 0.4) is 0 Å².